The molecule has 0 atom stereocenters. The Labute approximate surface area is 199 Å². The van der Waals surface area contributed by atoms with Crippen molar-refractivity contribution >= 4 is 5.78 Å². The number of ketones is 1. The smallest absolute Gasteiger partial charge is 0.194 e. The molecule has 0 unspecified atom stereocenters. The minimum atomic E-state index is -0.110. The minimum Gasteiger partial charge on any atom is -0.497 e. The molecule has 0 aliphatic rings. The van der Waals surface area contributed by atoms with Gasteiger partial charge in [0.25, 0.3) is 0 Å². The van der Waals surface area contributed by atoms with Crippen LogP contribution in [0.4, 0.5) is 0 Å². The van der Waals surface area contributed by atoms with Crippen LogP contribution in [0, 0.1) is 0 Å². The van der Waals surface area contributed by atoms with E-state index in [9.17, 15) is 4.79 Å². The van der Waals surface area contributed by atoms with Crippen molar-refractivity contribution in [3.05, 3.63) is 96.1 Å². The molecule has 0 aliphatic heterocycles. The van der Waals surface area contributed by atoms with E-state index in [-0.39, 0.29) is 5.78 Å². The molecule has 5 nitrogen and oxygen atoms in total. The summed E-state index contributed by atoms with van der Waals surface area (Å²) in [4.78, 5) is 14.0. The first-order chi connectivity index (χ1) is 16.6. The van der Waals surface area contributed by atoms with E-state index < -0.39 is 0 Å². The first-order valence-corrected chi connectivity index (χ1v) is 10.8. The Bertz CT molecular complexity index is 1220. The van der Waals surface area contributed by atoms with Gasteiger partial charge in [-0.05, 0) is 82.9 Å². The number of carbonyl (C=O) groups is 1. The van der Waals surface area contributed by atoms with E-state index in [4.69, 9.17) is 18.9 Å². The molecule has 0 saturated heterocycles. The second kappa shape index (κ2) is 10.1. The van der Waals surface area contributed by atoms with E-state index in [0.717, 1.165) is 22.3 Å². The number of benzene rings is 4. The summed E-state index contributed by atoms with van der Waals surface area (Å²) < 4.78 is 21.7. The highest BCUT2D eigenvalue weighted by molar-refractivity contribution is 6.16. The molecule has 0 aliphatic carbocycles. The van der Waals surface area contributed by atoms with Gasteiger partial charge in [-0.3, -0.25) is 4.79 Å². The Balaban J connectivity index is 1.89. The molecule has 172 valence electrons. The maximum atomic E-state index is 14.0. The van der Waals surface area contributed by atoms with Crippen molar-refractivity contribution in [1.29, 1.82) is 0 Å². The van der Waals surface area contributed by atoms with Crippen molar-refractivity contribution in [2.45, 2.75) is 0 Å². The lowest BCUT2D eigenvalue weighted by molar-refractivity contribution is 0.104. The Morgan fingerprint density at radius 3 is 1.26 bits per heavy atom. The Morgan fingerprint density at radius 1 is 0.500 bits per heavy atom. The van der Waals surface area contributed by atoms with Crippen LogP contribution in [-0.2, 0) is 0 Å². The number of carbonyl (C=O) groups excluding carboxylic acids is 1. The Morgan fingerprint density at radius 2 is 0.882 bits per heavy atom. The fourth-order valence-electron chi connectivity index (χ4n) is 3.90. The predicted octanol–water partition coefficient (Wildman–Crippen LogP) is 6.29. The molecule has 4 aromatic carbocycles. The molecule has 0 bridgehead atoms. The average molecular weight is 455 g/mol. The second-order valence-corrected chi connectivity index (χ2v) is 7.62. The first-order valence-electron chi connectivity index (χ1n) is 10.8. The zero-order valence-electron chi connectivity index (χ0n) is 19.6. The second-order valence-electron chi connectivity index (χ2n) is 7.62. The van der Waals surface area contributed by atoms with Crippen LogP contribution in [0.1, 0.15) is 15.9 Å². The van der Waals surface area contributed by atoms with Gasteiger partial charge in [0.2, 0.25) is 0 Å². The van der Waals surface area contributed by atoms with Crippen LogP contribution in [0.5, 0.6) is 23.0 Å². The van der Waals surface area contributed by atoms with Crippen LogP contribution in [0.25, 0.3) is 22.3 Å². The van der Waals surface area contributed by atoms with Crippen LogP contribution in [0.15, 0.2) is 84.9 Å². The molecule has 0 saturated carbocycles. The molecular weight excluding hydrogens is 428 g/mol. The largest absolute Gasteiger partial charge is 0.497 e. The van der Waals surface area contributed by atoms with Gasteiger partial charge in [-0.1, -0.05) is 24.3 Å². The van der Waals surface area contributed by atoms with Gasteiger partial charge in [-0.25, -0.2) is 0 Å². The Hall–Kier alpha value is -4.25. The summed E-state index contributed by atoms with van der Waals surface area (Å²) in [5, 5.41) is 0. The summed E-state index contributed by atoms with van der Waals surface area (Å²) >= 11 is 0. The molecule has 0 radical (unpaired) electrons. The summed E-state index contributed by atoms with van der Waals surface area (Å²) in [6, 6.07) is 26.2. The van der Waals surface area contributed by atoms with Crippen LogP contribution < -0.4 is 18.9 Å². The van der Waals surface area contributed by atoms with E-state index in [0.29, 0.717) is 34.1 Å². The third-order valence-electron chi connectivity index (χ3n) is 5.70. The number of rotatable bonds is 8. The molecule has 5 heteroatoms. The summed E-state index contributed by atoms with van der Waals surface area (Å²) in [5.74, 6) is 2.63. The van der Waals surface area contributed by atoms with Crippen LogP contribution in [-0.4, -0.2) is 34.2 Å². The molecule has 0 fully saturated rings. The highest BCUT2D eigenvalue weighted by atomic mass is 16.5. The monoisotopic (exact) mass is 454 g/mol. The van der Waals surface area contributed by atoms with E-state index in [2.05, 4.69) is 0 Å². The van der Waals surface area contributed by atoms with Crippen LogP contribution >= 0.6 is 0 Å². The van der Waals surface area contributed by atoms with Crippen LogP contribution in [0.3, 0.4) is 0 Å². The number of hydrogen-bond acceptors (Lipinski definition) is 5. The van der Waals surface area contributed by atoms with Gasteiger partial charge in [0.1, 0.15) is 23.0 Å². The summed E-state index contributed by atoms with van der Waals surface area (Å²) in [5.41, 5.74) is 4.36. The molecule has 4 aromatic rings. The van der Waals surface area contributed by atoms with Gasteiger partial charge in [0, 0.05) is 11.1 Å². The summed E-state index contributed by atoms with van der Waals surface area (Å²) in [6.07, 6.45) is 0. The maximum absolute atomic E-state index is 14.0. The van der Waals surface area contributed by atoms with Crippen molar-refractivity contribution in [2.24, 2.45) is 0 Å². The van der Waals surface area contributed by atoms with Gasteiger partial charge < -0.3 is 18.9 Å². The minimum absolute atomic E-state index is 0.110. The van der Waals surface area contributed by atoms with E-state index in [1.807, 2.05) is 60.7 Å². The SMILES string of the molecule is COc1cccc(-c2cc(OC)ccc2C(=O)c2ccc(OC)cc2-c2cccc(OC)c2)c1. The van der Waals surface area contributed by atoms with Gasteiger partial charge in [0.05, 0.1) is 28.4 Å². The van der Waals surface area contributed by atoms with Crippen molar-refractivity contribution < 1.29 is 23.7 Å². The van der Waals surface area contributed by atoms with Crippen molar-refractivity contribution in [2.75, 3.05) is 28.4 Å². The van der Waals surface area contributed by atoms with Gasteiger partial charge >= 0.3 is 0 Å². The van der Waals surface area contributed by atoms with Gasteiger partial charge in [-0.2, -0.15) is 0 Å². The summed E-state index contributed by atoms with van der Waals surface area (Å²) in [7, 11) is 6.45. The highest BCUT2D eigenvalue weighted by Crippen LogP contribution is 2.36. The lowest BCUT2D eigenvalue weighted by atomic mass is 9.89. The molecule has 0 heterocycles. The lowest BCUT2D eigenvalue weighted by Crippen LogP contribution is -2.06. The molecule has 0 N–H and O–H groups in total. The van der Waals surface area contributed by atoms with Gasteiger partial charge in [0.15, 0.2) is 5.78 Å². The lowest BCUT2D eigenvalue weighted by Gasteiger charge is -2.15. The molecule has 4 rings (SSSR count). The zero-order chi connectivity index (χ0) is 24.1. The molecule has 0 aromatic heterocycles. The van der Waals surface area contributed by atoms with Crippen molar-refractivity contribution in [3.8, 4) is 45.3 Å². The quantitative estimate of drug-likeness (QED) is 0.293. The average Bonchev–Trinajstić information content (AvgIpc) is 2.92. The van der Waals surface area contributed by atoms with E-state index in [1.165, 1.54) is 0 Å². The normalized spacial score (nSPS) is 10.5. The fraction of sp³-hybridized carbons (Fsp3) is 0.138. The molecule has 0 spiro atoms. The zero-order valence-corrected chi connectivity index (χ0v) is 19.6. The van der Waals surface area contributed by atoms with E-state index >= 15 is 0 Å². The molecule has 34 heavy (non-hydrogen) atoms. The third kappa shape index (κ3) is 4.59. The molecular formula is C29H26O5. The molecule has 0 amide bonds. The first kappa shape index (κ1) is 22.9. The van der Waals surface area contributed by atoms with Gasteiger partial charge in [-0.15, -0.1) is 0 Å². The maximum Gasteiger partial charge on any atom is 0.194 e. The summed E-state index contributed by atoms with van der Waals surface area (Å²) in [6.45, 7) is 0. The Kier molecular flexibility index (Phi) is 6.83. The standard InChI is InChI=1S/C29H26O5/c1-31-21-9-5-7-19(15-21)27-17-23(33-3)11-13-25(27)29(30)26-14-12-24(34-4)18-28(26)20-8-6-10-22(16-20)32-2/h5-18H,1-4H3. The number of hydrogen-bond donors (Lipinski definition) is 0. The van der Waals surface area contributed by atoms with E-state index in [1.54, 1.807) is 52.7 Å². The van der Waals surface area contributed by atoms with Crippen LogP contribution in [0.2, 0.25) is 0 Å². The number of methoxy groups -OCH3 is 4. The topological polar surface area (TPSA) is 54.0 Å². The van der Waals surface area contributed by atoms with Crippen molar-refractivity contribution in [3.63, 3.8) is 0 Å². The highest BCUT2D eigenvalue weighted by Gasteiger charge is 2.20. The fourth-order valence-corrected chi connectivity index (χ4v) is 3.90. The number of ether oxygens (including phenoxy) is 4. The predicted molar refractivity (Wildman–Crippen MR) is 133 cm³/mol. The van der Waals surface area contributed by atoms with Crippen molar-refractivity contribution in [1.82, 2.24) is 0 Å². The third-order valence-corrected chi connectivity index (χ3v) is 5.70.